The van der Waals surface area contributed by atoms with Crippen molar-refractivity contribution in [3.8, 4) is 0 Å². The number of benzene rings is 4. The maximum absolute atomic E-state index is 14.4. The largest absolute Gasteiger partial charge is 0.354 e. The molecule has 1 N–H and O–H groups in total. The Labute approximate surface area is 263 Å². The molecule has 0 aromatic heterocycles. The summed E-state index contributed by atoms with van der Waals surface area (Å²) in [6.45, 7) is 1.82. The molecular formula is C33H33Cl2N3O4S. The molecular weight excluding hydrogens is 605 g/mol. The van der Waals surface area contributed by atoms with Crippen molar-refractivity contribution in [3.05, 3.63) is 130 Å². The van der Waals surface area contributed by atoms with Gasteiger partial charge in [0.25, 0.3) is 10.0 Å². The summed E-state index contributed by atoms with van der Waals surface area (Å²) in [6, 6.07) is 29.7. The van der Waals surface area contributed by atoms with Crippen LogP contribution in [0.5, 0.6) is 0 Å². The molecule has 0 aliphatic carbocycles. The molecule has 4 aromatic rings. The van der Waals surface area contributed by atoms with Crippen molar-refractivity contribution in [3.63, 3.8) is 0 Å². The van der Waals surface area contributed by atoms with Crippen LogP contribution in [0.4, 0.5) is 5.69 Å². The van der Waals surface area contributed by atoms with Crippen LogP contribution >= 0.6 is 23.2 Å². The van der Waals surface area contributed by atoms with Crippen LogP contribution in [0.15, 0.2) is 114 Å². The minimum Gasteiger partial charge on any atom is -0.354 e. The van der Waals surface area contributed by atoms with Crippen molar-refractivity contribution in [1.29, 1.82) is 0 Å². The van der Waals surface area contributed by atoms with Crippen molar-refractivity contribution in [2.24, 2.45) is 0 Å². The summed E-state index contributed by atoms with van der Waals surface area (Å²) in [4.78, 5) is 29.4. The van der Waals surface area contributed by atoms with E-state index in [-0.39, 0.29) is 23.8 Å². The van der Waals surface area contributed by atoms with Crippen LogP contribution in [0, 0.1) is 0 Å². The average Bonchev–Trinajstić information content (AvgIpc) is 3.02. The summed E-state index contributed by atoms with van der Waals surface area (Å²) >= 11 is 12.5. The lowest BCUT2D eigenvalue weighted by atomic mass is 10.0. The Balaban J connectivity index is 1.78. The Morgan fingerprint density at radius 1 is 0.814 bits per heavy atom. The van der Waals surface area contributed by atoms with Crippen molar-refractivity contribution >= 4 is 50.7 Å². The molecule has 1 atom stereocenters. The molecule has 10 heteroatoms. The average molecular weight is 639 g/mol. The van der Waals surface area contributed by atoms with Gasteiger partial charge >= 0.3 is 0 Å². The number of carbonyl (C=O) groups excluding carboxylic acids is 2. The normalized spacial score (nSPS) is 11.9. The van der Waals surface area contributed by atoms with E-state index in [1.807, 2.05) is 37.3 Å². The number of carbonyl (C=O) groups is 2. The number of sulfonamides is 1. The minimum absolute atomic E-state index is 0.000819. The van der Waals surface area contributed by atoms with Crippen molar-refractivity contribution in [2.75, 3.05) is 17.4 Å². The number of para-hydroxylation sites is 1. The lowest BCUT2D eigenvalue weighted by molar-refractivity contribution is -0.140. The van der Waals surface area contributed by atoms with Gasteiger partial charge in [-0.15, -0.1) is 0 Å². The number of rotatable bonds is 13. The third-order valence-electron chi connectivity index (χ3n) is 6.84. The third kappa shape index (κ3) is 8.38. The fraction of sp³-hybridized carbons (Fsp3) is 0.212. The minimum atomic E-state index is -4.20. The maximum Gasteiger partial charge on any atom is 0.264 e. The van der Waals surface area contributed by atoms with Gasteiger partial charge in [-0.2, -0.15) is 0 Å². The van der Waals surface area contributed by atoms with E-state index in [4.69, 9.17) is 23.2 Å². The number of anilines is 1. The lowest BCUT2D eigenvalue weighted by Gasteiger charge is -2.34. The molecule has 2 amide bonds. The number of amides is 2. The first-order chi connectivity index (χ1) is 20.7. The Kier molecular flexibility index (Phi) is 11.2. The molecule has 43 heavy (non-hydrogen) atoms. The second-order valence-electron chi connectivity index (χ2n) is 9.91. The zero-order chi connectivity index (χ0) is 30.8. The lowest BCUT2D eigenvalue weighted by Crippen LogP contribution is -2.53. The van der Waals surface area contributed by atoms with Gasteiger partial charge in [-0.3, -0.25) is 13.9 Å². The summed E-state index contributed by atoms with van der Waals surface area (Å²) in [5.41, 5.74) is 1.79. The summed E-state index contributed by atoms with van der Waals surface area (Å²) in [5.74, 6) is -0.896. The molecule has 0 fully saturated rings. The van der Waals surface area contributed by atoms with Gasteiger partial charge in [-0.05, 0) is 60.0 Å². The fourth-order valence-corrected chi connectivity index (χ4v) is 6.32. The van der Waals surface area contributed by atoms with Gasteiger partial charge in [0.15, 0.2) is 0 Å². The van der Waals surface area contributed by atoms with Crippen LogP contribution in [-0.4, -0.2) is 44.3 Å². The van der Waals surface area contributed by atoms with Crippen molar-refractivity contribution < 1.29 is 18.0 Å². The monoisotopic (exact) mass is 637 g/mol. The molecule has 4 rings (SSSR count). The predicted octanol–water partition coefficient (Wildman–Crippen LogP) is 6.36. The van der Waals surface area contributed by atoms with E-state index < -0.39 is 28.5 Å². The Morgan fingerprint density at radius 2 is 1.42 bits per heavy atom. The summed E-state index contributed by atoms with van der Waals surface area (Å²) < 4.78 is 29.0. The molecule has 0 radical (unpaired) electrons. The Morgan fingerprint density at radius 3 is 2.05 bits per heavy atom. The maximum atomic E-state index is 14.4. The summed E-state index contributed by atoms with van der Waals surface area (Å²) in [5, 5.41) is 3.74. The zero-order valence-corrected chi connectivity index (χ0v) is 26.0. The highest BCUT2D eigenvalue weighted by molar-refractivity contribution is 7.92. The molecule has 0 heterocycles. The van der Waals surface area contributed by atoms with Crippen LogP contribution < -0.4 is 9.62 Å². The second kappa shape index (κ2) is 15.0. The van der Waals surface area contributed by atoms with E-state index in [0.717, 1.165) is 9.87 Å². The number of nitrogens with zero attached hydrogens (tertiary/aromatic N) is 2. The topological polar surface area (TPSA) is 86.8 Å². The van der Waals surface area contributed by atoms with E-state index in [1.165, 1.54) is 29.2 Å². The molecule has 0 aliphatic rings. The van der Waals surface area contributed by atoms with Crippen LogP contribution in [0.3, 0.4) is 0 Å². The summed E-state index contributed by atoms with van der Waals surface area (Å²) in [6.07, 6.45) is 0.936. The standard InChI is InChI=1S/C33H33Cl2N3O4S/c1-2-21-36-33(40)31(22-25-11-5-3-6-12-25)37(23-26-13-9-10-16-30(26)35)32(39)24-38(28-14-7-4-8-15-28)43(41,42)29-19-17-27(34)18-20-29/h3-20,31H,2,21-24H2,1H3,(H,36,40)/t31-/m1/s1. The van der Waals surface area contributed by atoms with Gasteiger partial charge in [0.1, 0.15) is 12.6 Å². The molecule has 0 aliphatic heterocycles. The van der Waals surface area contributed by atoms with Crippen molar-refractivity contribution in [1.82, 2.24) is 10.2 Å². The number of halogens is 2. The van der Waals surface area contributed by atoms with Gasteiger partial charge in [0.2, 0.25) is 11.8 Å². The molecule has 7 nitrogen and oxygen atoms in total. The number of hydrogen-bond donors (Lipinski definition) is 1. The number of hydrogen-bond acceptors (Lipinski definition) is 4. The second-order valence-corrected chi connectivity index (χ2v) is 12.6. The van der Waals surface area contributed by atoms with Crippen LogP contribution in [0.2, 0.25) is 10.0 Å². The predicted molar refractivity (Wildman–Crippen MR) is 172 cm³/mol. The smallest absolute Gasteiger partial charge is 0.264 e. The first-order valence-corrected chi connectivity index (χ1v) is 16.1. The van der Waals surface area contributed by atoms with E-state index >= 15 is 0 Å². The van der Waals surface area contributed by atoms with Crippen LogP contribution in [0.1, 0.15) is 24.5 Å². The molecule has 0 spiro atoms. The van der Waals surface area contributed by atoms with E-state index in [0.29, 0.717) is 34.3 Å². The Bertz CT molecular complexity index is 1620. The van der Waals surface area contributed by atoms with Crippen LogP contribution in [-0.2, 0) is 32.6 Å². The van der Waals surface area contributed by atoms with E-state index in [9.17, 15) is 18.0 Å². The first-order valence-electron chi connectivity index (χ1n) is 13.9. The van der Waals surface area contributed by atoms with Gasteiger partial charge in [-0.25, -0.2) is 8.42 Å². The van der Waals surface area contributed by atoms with Crippen LogP contribution in [0.25, 0.3) is 0 Å². The molecule has 0 saturated carbocycles. The SMILES string of the molecule is CCCNC(=O)[C@@H](Cc1ccccc1)N(Cc1ccccc1Cl)C(=O)CN(c1ccccc1)S(=O)(=O)c1ccc(Cl)cc1. The van der Waals surface area contributed by atoms with Crippen molar-refractivity contribution in [2.45, 2.75) is 37.2 Å². The zero-order valence-electron chi connectivity index (χ0n) is 23.7. The highest BCUT2D eigenvalue weighted by atomic mass is 35.5. The van der Waals surface area contributed by atoms with E-state index in [2.05, 4.69) is 5.32 Å². The number of nitrogens with one attached hydrogen (secondary N) is 1. The highest BCUT2D eigenvalue weighted by Crippen LogP contribution is 2.26. The quantitative estimate of drug-likeness (QED) is 0.185. The third-order valence-corrected chi connectivity index (χ3v) is 9.25. The molecule has 0 saturated heterocycles. The van der Waals surface area contributed by atoms with Gasteiger partial charge < -0.3 is 10.2 Å². The van der Waals surface area contributed by atoms with Gasteiger partial charge in [-0.1, -0.05) is 96.9 Å². The van der Waals surface area contributed by atoms with Gasteiger partial charge in [0, 0.05) is 29.6 Å². The Hall–Kier alpha value is -3.85. The summed E-state index contributed by atoms with van der Waals surface area (Å²) in [7, 11) is -4.20. The fourth-order valence-electron chi connectivity index (χ4n) is 4.59. The molecule has 0 bridgehead atoms. The molecule has 4 aromatic carbocycles. The molecule has 0 unspecified atom stereocenters. The molecule has 224 valence electrons. The van der Waals surface area contributed by atoms with E-state index in [1.54, 1.807) is 54.6 Å². The van der Waals surface area contributed by atoms with Gasteiger partial charge in [0.05, 0.1) is 10.6 Å². The highest BCUT2D eigenvalue weighted by Gasteiger charge is 2.34. The first kappa shape index (κ1) is 32.1.